The lowest BCUT2D eigenvalue weighted by atomic mass is 10.1. The number of hydrogen-bond donors (Lipinski definition) is 0. The molecular weight excluding hydrogens is 306 g/mol. The molecule has 0 unspecified atom stereocenters. The first-order valence-electron chi connectivity index (χ1n) is 8.79. The summed E-state index contributed by atoms with van der Waals surface area (Å²) >= 11 is 0. The van der Waals surface area contributed by atoms with Gasteiger partial charge in [-0.3, -0.25) is 9.28 Å². The highest BCUT2D eigenvalue weighted by Crippen LogP contribution is 2.14. The lowest BCUT2D eigenvalue weighted by Crippen LogP contribution is -3.00. The molecule has 0 heterocycles. The largest absolute Gasteiger partial charge is 1.00 e. The van der Waals surface area contributed by atoms with Crippen molar-refractivity contribution >= 4 is 5.78 Å². The average Bonchev–Trinajstić information content (AvgIpc) is 2.53. The van der Waals surface area contributed by atoms with E-state index in [0.29, 0.717) is 0 Å². The molecule has 0 saturated carbocycles. The van der Waals surface area contributed by atoms with Crippen LogP contribution in [0.15, 0.2) is 36.5 Å². The predicted octanol–water partition coefficient (Wildman–Crippen LogP) is 2.00. The topological polar surface area (TPSA) is 17.1 Å². The summed E-state index contributed by atoms with van der Waals surface area (Å²) in [5.74, 6) is 0.119. The normalized spacial score (nSPS) is 11.5. The molecule has 1 rings (SSSR count). The van der Waals surface area contributed by atoms with Crippen LogP contribution >= 0.6 is 0 Å². The molecule has 0 N–H and O–H groups in total. The van der Waals surface area contributed by atoms with Crippen LogP contribution in [0.25, 0.3) is 0 Å². The van der Waals surface area contributed by atoms with Crippen LogP contribution < -0.4 is 12.4 Å². The van der Waals surface area contributed by atoms with Crippen LogP contribution in [-0.2, 0) is 6.42 Å². The van der Waals surface area contributed by atoms with Crippen molar-refractivity contribution in [2.45, 2.75) is 53.4 Å². The summed E-state index contributed by atoms with van der Waals surface area (Å²) in [5.41, 5.74) is 2.06. The van der Waals surface area contributed by atoms with E-state index in [2.05, 4.69) is 33.9 Å². The van der Waals surface area contributed by atoms with E-state index in [1.54, 1.807) is 6.08 Å². The van der Waals surface area contributed by atoms with Gasteiger partial charge >= 0.3 is 0 Å². The Morgan fingerprint density at radius 3 is 1.78 bits per heavy atom. The molecule has 0 radical (unpaired) electrons. The third kappa shape index (κ3) is 6.88. The van der Waals surface area contributed by atoms with Gasteiger partial charge in [-0.2, -0.15) is 0 Å². The number of carbonyl (C=O) groups excluding carboxylic acids is 1. The molecule has 130 valence electrons. The summed E-state index contributed by atoms with van der Waals surface area (Å²) in [6.45, 7) is 12.1. The molecule has 23 heavy (non-hydrogen) atoms. The SMILES string of the molecule is CCC[N+](/C=C/C(=O)c1ccc(CC)cc1)(CCC)CCC.[Cl-]. The van der Waals surface area contributed by atoms with Crippen molar-refractivity contribution in [2.24, 2.45) is 0 Å². The smallest absolute Gasteiger partial charge is 0.191 e. The van der Waals surface area contributed by atoms with Crippen molar-refractivity contribution in [2.75, 3.05) is 19.6 Å². The first kappa shape index (κ1) is 21.9. The maximum atomic E-state index is 12.4. The number of allylic oxidation sites excluding steroid dienone is 1. The number of aryl methyl sites for hydroxylation is 1. The number of halogens is 1. The van der Waals surface area contributed by atoms with Crippen LogP contribution in [0.5, 0.6) is 0 Å². The maximum absolute atomic E-state index is 12.4. The lowest BCUT2D eigenvalue weighted by molar-refractivity contribution is -0.879. The Bertz CT molecular complexity index is 462. The number of rotatable bonds is 10. The fraction of sp³-hybridized carbons (Fsp3) is 0.550. The van der Waals surface area contributed by atoms with Crippen LogP contribution in [0.1, 0.15) is 62.9 Å². The monoisotopic (exact) mass is 337 g/mol. The standard InChI is InChI=1S/C20H32NO.ClH/c1-5-14-21(15-6-2,16-7-3)17-13-20(22)19-11-9-18(8-4)10-12-19;/h9-13,17H,5-8,14-16H2,1-4H3;1H/q+1;/p-1/b17-13+;. The van der Waals surface area contributed by atoms with Crippen molar-refractivity contribution < 1.29 is 21.7 Å². The highest BCUT2D eigenvalue weighted by Gasteiger charge is 2.22. The third-order valence-corrected chi connectivity index (χ3v) is 4.20. The van der Waals surface area contributed by atoms with E-state index < -0.39 is 0 Å². The summed E-state index contributed by atoms with van der Waals surface area (Å²) in [6, 6.07) is 7.99. The van der Waals surface area contributed by atoms with Crippen molar-refractivity contribution in [3.63, 3.8) is 0 Å². The lowest BCUT2D eigenvalue weighted by Gasteiger charge is -2.34. The number of carbonyl (C=O) groups is 1. The van der Waals surface area contributed by atoms with E-state index in [1.165, 1.54) is 5.56 Å². The van der Waals surface area contributed by atoms with Crippen molar-refractivity contribution in [1.29, 1.82) is 0 Å². The quantitative estimate of drug-likeness (QED) is 0.362. The zero-order valence-electron chi connectivity index (χ0n) is 15.1. The Labute approximate surface area is 148 Å². The Kier molecular flexibility index (Phi) is 10.9. The number of quaternary nitrogens is 1. The van der Waals surface area contributed by atoms with Gasteiger partial charge in [-0.25, -0.2) is 0 Å². The molecule has 0 bridgehead atoms. The molecule has 0 amide bonds. The fourth-order valence-corrected chi connectivity index (χ4v) is 3.12. The Hall–Kier alpha value is -1.12. The van der Waals surface area contributed by atoms with Crippen LogP contribution in [0.4, 0.5) is 0 Å². The molecule has 0 aliphatic heterocycles. The zero-order chi connectivity index (χ0) is 16.4. The van der Waals surface area contributed by atoms with Gasteiger partial charge < -0.3 is 12.4 Å². The number of ketones is 1. The molecule has 0 saturated heterocycles. The van der Waals surface area contributed by atoms with E-state index >= 15 is 0 Å². The summed E-state index contributed by atoms with van der Waals surface area (Å²) in [7, 11) is 0. The molecule has 2 nitrogen and oxygen atoms in total. The molecule has 0 aliphatic rings. The molecule has 3 heteroatoms. The minimum absolute atomic E-state index is 0. The molecule has 0 aliphatic carbocycles. The van der Waals surface area contributed by atoms with Gasteiger partial charge in [0.1, 0.15) is 0 Å². The second-order valence-electron chi connectivity index (χ2n) is 6.12. The molecule has 0 spiro atoms. The van der Waals surface area contributed by atoms with Crippen molar-refractivity contribution in [3.8, 4) is 0 Å². The molecule has 0 aromatic heterocycles. The van der Waals surface area contributed by atoms with E-state index in [4.69, 9.17) is 0 Å². The highest BCUT2D eigenvalue weighted by atomic mass is 35.5. The molecule has 0 atom stereocenters. The first-order valence-corrected chi connectivity index (χ1v) is 8.79. The number of nitrogens with zero attached hydrogens (tertiary/aromatic N) is 1. The van der Waals surface area contributed by atoms with Gasteiger partial charge in [0.15, 0.2) is 5.78 Å². The van der Waals surface area contributed by atoms with Gasteiger partial charge in [0, 0.05) is 11.6 Å². The van der Waals surface area contributed by atoms with Crippen LogP contribution in [-0.4, -0.2) is 29.9 Å². The minimum Gasteiger partial charge on any atom is -1.00 e. The second-order valence-corrected chi connectivity index (χ2v) is 6.12. The van der Waals surface area contributed by atoms with E-state index in [9.17, 15) is 4.79 Å². The molecule has 1 aromatic rings. The van der Waals surface area contributed by atoms with E-state index in [-0.39, 0.29) is 18.2 Å². The van der Waals surface area contributed by atoms with Crippen LogP contribution in [0.2, 0.25) is 0 Å². The van der Waals surface area contributed by atoms with Gasteiger partial charge in [-0.1, -0.05) is 52.0 Å². The van der Waals surface area contributed by atoms with Gasteiger partial charge in [0.25, 0.3) is 0 Å². The Morgan fingerprint density at radius 2 is 1.39 bits per heavy atom. The van der Waals surface area contributed by atoms with Gasteiger partial charge in [-0.15, -0.1) is 0 Å². The average molecular weight is 338 g/mol. The molecule has 1 aromatic carbocycles. The molecular formula is C20H32ClNO. The summed E-state index contributed by atoms with van der Waals surface area (Å²) in [5, 5.41) is 0. The molecule has 0 fully saturated rings. The highest BCUT2D eigenvalue weighted by molar-refractivity contribution is 6.04. The zero-order valence-corrected chi connectivity index (χ0v) is 15.9. The van der Waals surface area contributed by atoms with E-state index in [1.807, 2.05) is 24.3 Å². The first-order chi connectivity index (χ1) is 10.6. The van der Waals surface area contributed by atoms with Crippen molar-refractivity contribution in [3.05, 3.63) is 47.7 Å². The predicted molar refractivity (Wildman–Crippen MR) is 95.0 cm³/mol. The van der Waals surface area contributed by atoms with Gasteiger partial charge in [-0.05, 0) is 31.2 Å². The number of benzene rings is 1. The number of hydrogen-bond acceptors (Lipinski definition) is 1. The maximum Gasteiger partial charge on any atom is 0.191 e. The third-order valence-electron chi connectivity index (χ3n) is 4.20. The fourth-order valence-electron chi connectivity index (χ4n) is 3.12. The van der Waals surface area contributed by atoms with E-state index in [0.717, 1.165) is 55.4 Å². The summed E-state index contributed by atoms with van der Waals surface area (Å²) in [6.07, 6.45) is 8.37. The van der Waals surface area contributed by atoms with Crippen LogP contribution in [0.3, 0.4) is 0 Å². The Balaban J connectivity index is 0.00000484. The van der Waals surface area contributed by atoms with Crippen LogP contribution in [0, 0.1) is 0 Å². The van der Waals surface area contributed by atoms with Gasteiger partial charge in [0.05, 0.1) is 25.8 Å². The Morgan fingerprint density at radius 1 is 0.913 bits per heavy atom. The van der Waals surface area contributed by atoms with Crippen molar-refractivity contribution in [1.82, 2.24) is 0 Å². The summed E-state index contributed by atoms with van der Waals surface area (Å²) < 4.78 is 0.933. The minimum atomic E-state index is 0. The second kappa shape index (κ2) is 11.4. The summed E-state index contributed by atoms with van der Waals surface area (Å²) in [4.78, 5) is 12.4. The van der Waals surface area contributed by atoms with Gasteiger partial charge in [0.2, 0.25) is 0 Å².